The van der Waals surface area contributed by atoms with Gasteiger partial charge in [0.05, 0.1) is 5.69 Å². The van der Waals surface area contributed by atoms with Crippen LogP contribution in [0.4, 0.5) is 14.5 Å². The summed E-state index contributed by atoms with van der Waals surface area (Å²) in [6.07, 6.45) is 7.91. The van der Waals surface area contributed by atoms with E-state index in [1.54, 1.807) is 12.1 Å². The van der Waals surface area contributed by atoms with E-state index in [0.29, 0.717) is 25.1 Å². The van der Waals surface area contributed by atoms with Gasteiger partial charge in [-0.1, -0.05) is 67.3 Å². The van der Waals surface area contributed by atoms with Crippen LogP contribution in [0.1, 0.15) is 90.5 Å². The van der Waals surface area contributed by atoms with Crippen molar-refractivity contribution in [3.63, 3.8) is 0 Å². The minimum Gasteiger partial charge on any atom is -0.339 e. The second kappa shape index (κ2) is 14.1. The molecule has 5 heteroatoms. The number of benzene rings is 3. The van der Waals surface area contributed by atoms with Gasteiger partial charge in [0, 0.05) is 42.8 Å². The highest BCUT2D eigenvalue weighted by molar-refractivity contribution is 6.03. The van der Waals surface area contributed by atoms with Crippen molar-refractivity contribution in [1.29, 1.82) is 0 Å². The van der Waals surface area contributed by atoms with Crippen molar-refractivity contribution in [2.45, 2.75) is 72.1 Å². The molecule has 3 aromatic rings. The molecule has 1 saturated heterocycles. The number of piperidine rings is 1. The average Bonchev–Trinajstić information content (AvgIpc) is 3.84. The molecule has 0 spiro atoms. The Kier molecular flexibility index (Phi) is 10.2. The van der Waals surface area contributed by atoms with E-state index >= 15 is 0 Å². The number of amides is 1. The molecule has 240 valence electrons. The maximum atomic E-state index is 14.2. The fraction of sp³-hybridized carbons (Fsp3) is 0.366. The van der Waals surface area contributed by atoms with Crippen LogP contribution in [-0.2, 0) is 5.92 Å². The highest BCUT2D eigenvalue weighted by Gasteiger charge is 2.31. The maximum absolute atomic E-state index is 14.2. The number of carbonyl (C=O) groups excluding carboxylic acids is 1. The second-order valence-electron chi connectivity index (χ2n) is 13.4. The third-order valence-corrected chi connectivity index (χ3v) is 9.22. The molecular formula is C41H46F2N2O. The molecule has 0 aromatic heterocycles. The van der Waals surface area contributed by atoms with Crippen molar-refractivity contribution >= 4 is 22.9 Å². The summed E-state index contributed by atoms with van der Waals surface area (Å²) < 4.78 is 28.4. The Morgan fingerprint density at radius 1 is 0.935 bits per heavy atom. The summed E-state index contributed by atoms with van der Waals surface area (Å²) in [5.74, 6) is -1.92. The number of rotatable bonds is 11. The van der Waals surface area contributed by atoms with Gasteiger partial charge < -0.3 is 4.90 Å². The van der Waals surface area contributed by atoms with Crippen molar-refractivity contribution in [2.75, 3.05) is 13.1 Å². The summed E-state index contributed by atoms with van der Waals surface area (Å²) in [6, 6.07) is 20.5. The number of para-hydroxylation sites is 1. The van der Waals surface area contributed by atoms with E-state index in [2.05, 4.69) is 32.2 Å². The highest BCUT2D eigenvalue weighted by atomic mass is 19.3. The normalized spacial score (nSPS) is 16.4. The number of hydrogen-bond donors (Lipinski definition) is 0. The molecule has 1 saturated carbocycles. The highest BCUT2D eigenvalue weighted by Crippen LogP contribution is 2.38. The Morgan fingerprint density at radius 3 is 2.28 bits per heavy atom. The zero-order valence-electron chi connectivity index (χ0n) is 27.7. The summed E-state index contributed by atoms with van der Waals surface area (Å²) in [4.78, 5) is 20.8. The van der Waals surface area contributed by atoms with Crippen molar-refractivity contribution in [1.82, 2.24) is 4.90 Å². The van der Waals surface area contributed by atoms with Crippen molar-refractivity contribution in [3.8, 4) is 0 Å². The minimum absolute atomic E-state index is 0.0161. The number of allylic oxidation sites excluding steroid dienone is 3. The quantitative estimate of drug-likeness (QED) is 0.155. The number of alkyl halides is 2. The van der Waals surface area contributed by atoms with E-state index in [-0.39, 0.29) is 17.4 Å². The van der Waals surface area contributed by atoms with Gasteiger partial charge in [-0.15, -0.1) is 0 Å². The average molecular weight is 621 g/mol. The largest absolute Gasteiger partial charge is 0.339 e. The van der Waals surface area contributed by atoms with Crippen LogP contribution in [0.2, 0.25) is 0 Å². The van der Waals surface area contributed by atoms with Gasteiger partial charge in [-0.05, 0) is 123 Å². The number of aryl methyl sites for hydroxylation is 2. The lowest BCUT2D eigenvalue weighted by molar-refractivity contribution is 0.0174. The third kappa shape index (κ3) is 8.17. The molecule has 2 aliphatic rings. The molecule has 5 rings (SSSR count). The molecular weight excluding hydrogens is 574 g/mol. The van der Waals surface area contributed by atoms with Gasteiger partial charge in [0.25, 0.3) is 11.8 Å². The predicted molar refractivity (Wildman–Crippen MR) is 187 cm³/mol. The number of nitrogens with zero attached hydrogens (tertiary/aromatic N) is 2. The topological polar surface area (TPSA) is 32.7 Å². The van der Waals surface area contributed by atoms with Crippen LogP contribution in [0.25, 0.3) is 5.57 Å². The lowest BCUT2D eigenvalue weighted by Crippen LogP contribution is -2.40. The van der Waals surface area contributed by atoms with Crippen LogP contribution < -0.4 is 0 Å². The summed E-state index contributed by atoms with van der Waals surface area (Å²) in [5.41, 5.74) is 9.40. The van der Waals surface area contributed by atoms with Gasteiger partial charge in [-0.2, -0.15) is 0 Å². The molecule has 1 aliphatic heterocycles. The molecule has 1 heterocycles. The molecule has 3 aromatic carbocycles. The molecule has 0 unspecified atom stereocenters. The molecule has 1 aliphatic carbocycles. The fourth-order valence-electron chi connectivity index (χ4n) is 6.31. The Bertz CT molecular complexity index is 1680. The maximum Gasteiger partial charge on any atom is 0.270 e. The molecule has 46 heavy (non-hydrogen) atoms. The number of carbonyl (C=O) groups is 1. The summed E-state index contributed by atoms with van der Waals surface area (Å²) >= 11 is 0. The molecule has 0 N–H and O–H groups in total. The van der Waals surface area contributed by atoms with E-state index in [1.165, 1.54) is 18.9 Å². The standard InChI is InChI=1S/C41H46F2N2O/c1-27(2)14-18-37(33-11-9-12-35(26-33)41(6,42)43)36-19-17-34(25-29(36)4)40(46)45-22-20-32(21-23-45)39(30(5)24-31-15-16-31)44-38-13-8-7-10-28(38)3/h7-13,17-19,25-26,31-32H,1,5,14-16,20-24H2,2-4,6H3/b37-18-,44-39?. The van der Waals surface area contributed by atoms with E-state index in [0.717, 1.165) is 82.5 Å². The number of halogens is 2. The monoisotopic (exact) mass is 620 g/mol. The molecule has 0 bridgehead atoms. The van der Waals surface area contributed by atoms with Gasteiger partial charge in [-0.25, -0.2) is 8.78 Å². The summed E-state index contributed by atoms with van der Waals surface area (Å²) in [7, 11) is 0. The molecule has 2 fully saturated rings. The lowest BCUT2D eigenvalue weighted by atomic mass is 9.86. The van der Waals surface area contributed by atoms with Gasteiger partial charge in [0.15, 0.2) is 0 Å². The second-order valence-corrected chi connectivity index (χ2v) is 13.4. The van der Waals surface area contributed by atoms with Gasteiger partial charge in [0.2, 0.25) is 0 Å². The first-order valence-electron chi connectivity index (χ1n) is 16.5. The first-order valence-corrected chi connectivity index (χ1v) is 16.5. The number of aliphatic imine (C=N–C) groups is 1. The summed E-state index contributed by atoms with van der Waals surface area (Å²) in [5, 5.41) is 0. The van der Waals surface area contributed by atoms with E-state index < -0.39 is 5.92 Å². The SMILES string of the molecule is C=C(C)C/C=C(/c1cccc(C(C)(F)F)c1)c1ccc(C(=O)N2CCC(C(=Nc3ccccc3C)C(=C)CC3CC3)CC2)cc1C. The first kappa shape index (κ1) is 33.2. The Balaban J connectivity index is 1.34. The van der Waals surface area contributed by atoms with Crippen LogP contribution in [0.15, 0.2) is 102 Å². The summed E-state index contributed by atoms with van der Waals surface area (Å²) in [6.45, 7) is 16.8. The van der Waals surface area contributed by atoms with Crippen molar-refractivity contribution < 1.29 is 13.6 Å². The Labute approximate surface area is 273 Å². The fourth-order valence-corrected chi connectivity index (χ4v) is 6.31. The zero-order chi connectivity index (χ0) is 33.0. The van der Waals surface area contributed by atoms with Crippen LogP contribution in [-0.4, -0.2) is 29.6 Å². The molecule has 3 nitrogen and oxygen atoms in total. The smallest absolute Gasteiger partial charge is 0.270 e. The van der Waals surface area contributed by atoms with Gasteiger partial charge >= 0.3 is 0 Å². The molecule has 1 amide bonds. The van der Waals surface area contributed by atoms with Gasteiger partial charge in [-0.3, -0.25) is 9.79 Å². The number of likely N-dealkylation sites (tertiary alicyclic amines) is 1. The lowest BCUT2D eigenvalue weighted by Gasteiger charge is -2.33. The van der Waals surface area contributed by atoms with Gasteiger partial charge in [0.1, 0.15) is 0 Å². The minimum atomic E-state index is -2.94. The Morgan fingerprint density at radius 2 is 1.65 bits per heavy atom. The zero-order valence-corrected chi connectivity index (χ0v) is 27.7. The van der Waals surface area contributed by atoms with Crippen molar-refractivity contribution in [3.05, 3.63) is 130 Å². The van der Waals surface area contributed by atoms with Crippen LogP contribution in [0, 0.1) is 25.7 Å². The van der Waals surface area contributed by atoms with Crippen LogP contribution >= 0.6 is 0 Å². The predicted octanol–water partition coefficient (Wildman–Crippen LogP) is 10.8. The van der Waals surface area contributed by atoms with E-state index in [1.807, 2.05) is 61.2 Å². The van der Waals surface area contributed by atoms with Crippen molar-refractivity contribution in [2.24, 2.45) is 16.8 Å². The molecule has 0 radical (unpaired) electrons. The van der Waals surface area contributed by atoms with Crippen LogP contribution in [0.3, 0.4) is 0 Å². The first-order chi connectivity index (χ1) is 21.9. The van der Waals surface area contributed by atoms with E-state index in [9.17, 15) is 13.6 Å². The Hall–Kier alpha value is -4.12. The number of hydrogen-bond acceptors (Lipinski definition) is 2. The third-order valence-electron chi connectivity index (χ3n) is 9.22. The van der Waals surface area contributed by atoms with Crippen LogP contribution in [0.5, 0.6) is 0 Å². The van der Waals surface area contributed by atoms with E-state index in [4.69, 9.17) is 4.99 Å². The molecule has 0 atom stereocenters.